The van der Waals surface area contributed by atoms with Gasteiger partial charge < -0.3 is 14.6 Å². The van der Waals surface area contributed by atoms with Crippen LogP contribution in [0.2, 0.25) is 0 Å². The zero-order valence-electron chi connectivity index (χ0n) is 16.4. The van der Waals surface area contributed by atoms with Crippen LogP contribution in [-0.4, -0.2) is 44.6 Å². The summed E-state index contributed by atoms with van der Waals surface area (Å²) in [5.41, 5.74) is 2.51. The SMILES string of the molecule is COc1ccc2c(c1)c1nnc(SCC(=O)NC3CCCCC3C)nc1n2C. The standard InChI is InChI=1S/C20H25N5O2S/c1-12-6-4-5-7-15(12)21-17(26)11-28-20-22-19-18(23-24-20)14-10-13(27-3)8-9-16(14)25(19)2/h8-10,12,15H,4-7,11H2,1-3H3,(H,21,26). The summed E-state index contributed by atoms with van der Waals surface area (Å²) in [7, 11) is 3.60. The number of aryl methyl sites for hydroxylation is 1. The third kappa shape index (κ3) is 3.65. The highest BCUT2D eigenvalue weighted by atomic mass is 32.2. The van der Waals surface area contributed by atoms with Gasteiger partial charge in [0.2, 0.25) is 11.1 Å². The molecule has 8 heteroatoms. The molecule has 1 aliphatic rings. The van der Waals surface area contributed by atoms with Gasteiger partial charge in [-0.05, 0) is 37.0 Å². The number of ether oxygens (including phenoxy) is 1. The van der Waals surface area contributed by atoms with Crippen LogP contribution < -0.4 is 10.1 Å². The first-order valence-electron chi connectivity index (χ1n) is 9.66. The molecule has 0 radical (unpaired) electrons. The zero-order chi connectivity index (χ0) is 19.7. The first-order valence-corrected chi connectivity index (χ1v) is 10.6. The minimum atomic E-state index is 0.0363. The lowest BCUT2D eigenvalue weighted by Gasteiger charge is -2.29. The van der Waals surface area contributed by atoms with E-state index >= 15 is 0 Å². The largest absolute Gasteiger partial charge is 0.497 e. The van der Waals surface area contributed by atoms with E-state index in [0.29, 0.717) is 16.8 Å². The summed E-state index contributed by atoms with van der Waals surface area (Å²) in [6.45, 7) is 2.22. The van der Waals surface area contributed by atoms with Crippen molar-refractivity contribution in [2.24, 2.45) is 13.0 Å². The van der Waals surface area contributed by atoms with Crippen molar-refractivity contribution in [3.63, 3.8) is 0 Å². The zero-order valence-corrected chi connectivity index (χ0v) is 17.3. The molecule has 1 aromatic carbocycles. The maximum atomic E-state index is 12.3. The molecule has 0 saturated heterocycles. The number of methoxy groups -OCH3 is 1. The predicted octanol–water partition coefficient (Wildman–Crippen LogP) is 3.31. The van der Waals surface area contributed by atoms with Gasteiger partial charge in [0.15, 0.2) is 5.65 Å². The summed E-state index contributed by atoms with van der Waals surface area (Å²) in [5.74, 6) is 1.65. The molecule has 3 aromatic rings. The van der Waals surface area contributed by atoms with E-state index in [0.717, 1.165) is 34.2 Å². The molecule has 0 spiro atoms. The van der Waals surface area contributed by atoms with Crippen molar-refractivity contribution in [2.45, 2.75) is 43.8 Å². The van der Waals surface area contributed by atoms with Crippen LogP contribution in [0.4, 0.5) is 0 Å². The number of thioether (sulfide) groups is 1. The molecule has 2 heterocycles. The fourth-order valence-corrected chi connectivity index (χ4v) is 4.51. The minimum absolute atomic E-state index is 0.0363. The number of fused-ring (bicyclic) bond motifs is 3. The molecule has 1 fully saturated rings. The average molecular weight is 400 g/mol. The molecule has 1 amide bonds. The number of amides is 1. The summed E-state index contributed by atoms with van der Waals surface area (Å²) in [6.07, 6.45) is 4.71. The van der Waals surface area contributed by atoms with E-state index in [2.05, 4.69) is 27.4 Å². The second-order valence-electron chi connectivity index (χ2n) is 7.43. The van der Waals surface area contributed by atoms with E-state index in [1.807, 2.05) is 29.8 Å². The Morgan fingerprint density at radius 2 is 2.14 bits per heavy atom. The second-order valence-corrected chi connectivity index (χ2v) is 8.38. The molecular formula is C20H25N5O2S. The lowest BCUT2D eigenvalue weighted by atomic mass is 9.86. The molecule has 7 nitrogen and oxygen atoms in total. The third-order valence-electron chi connectivity index (χ3n) is 5.58. The van der Waals surface area contributed by atoms with Gasteiger partial charge in [-0.2, -0.15) is 0 Å². The van der Waals surface area contributed by atoms with Crippen LogP contribution in [0.1, 0.15) is 32.6 Å². The van der Waals surface area contributed by atoms with Crippen LogP contribution in [0, 0.1) is 5.92 Å². The lowest BCUT2D eigenvalue weighted by molar-refractivity contribution is -0.119. The van der Waals surface area contributed by atoms with E-state index < -0.39 is 0 Å². The fraction of sp³-hybridized carbons (Fsp3) is 0.500. The van der Waals surface area contributed by atoms with Crippen molar-refractivity contribution in [1.82, 2.24) is 25.1 Å². The monoisotopic (exact) mass is 399 g/mol. The molecule has 0 bridgehead atoms. The van der Waals surface area contributed by atoms with E-state index in [4.69, 9.17) is 4.74 Å². The Labute approximate surface area is 168 Å². The molecular weight excluding hydrogens is 374 g/mol. The Morgan fingerprint density at radius 3 is 2.93 bits per heavy atom. The number of hydrogen-bond donors (Lipinski definition) is 1. The Morgan fingerprint density at radius 1 is 1.32 bits per heavy atom. The maximum absolute atomic E-state index is 12.3. The Hall–Kier alpha value is -2.35. The van der Waals surface area contributed by atoms with Crippen molar-refractivity contribution < 1.29 is 9.53 Å². The van der Waals surface area contributed by atoms with Crippen LogP contribution in [-0.2, 0) is 11.8 Å². The fourth-order valence-electron chi connectivity index (χ4n) is 3.92. The number of nitrogens with one attached hydrogen (secondary N) is 1. The molecule has 0 aliphatic heterocycles. The summed E-state index contributed by atoms with van der Waals surface area (Å²) < 4.78 is 7.31. The van der Waals surface area contributed by atoms with Crippen LogP contribution in [0.5, 0.6) is 5.75 Å². The van der Waals surface area contributed by atoms with Crippen molar-refractivity contribution >= 4 is 39.7 Å². The van der Waals surface area contributed by atoms with Gasteiger partial charge in [-0.3, -0.25) is 4.79 Å². The Bertz CT molecular complexity index is 1020. The summed E-state index contributed by atoms with van der Waals surface area (Å²) in [4.78, 5) is 17.0. The normalized spacial score (nSPS) is 19.8. The van der Waals surface area contributed by atoms with Crippen molar-refractivity contribution in [2.75, 3.05) is 12.9 Å². The van der Waals surface area contributed by atoms with Gasteiger partial charge in [-0.15, -0.1) is 10.2 Å². The van der Waals surface area contributed by atoms with Crippen LogP contribution >= 0.6 is 11.8 Å². The summed E-state index contributed by atoms with van der Waals surface area (Å²) in [5, 5.41) is 13.2. The molecule has 1 N–H and O–H groups in total. The Balaban J connectivity index is 1.49. The van der Waals surface area contributed by atoms with Crippen molar-refractivity contribution in [3.05, 3.63) is 18.2 Å². The summed E-state index contributed by atoms with van der Waals surface area (Å²) >= 11 is 1.32. The minimum Gasteiger partial charge on any atom is -0.497 e. The second kappa shape index (κ2) is 7.95. The van der Waals surface area contributed by atoms with Crippen LogP contribution in [0.25, 0.3) is 22.1 Å². The predicted molar refractivity (Wildman–Crippen MR) is 111 cm³/mol. The molecule has 28 heavy (non-hydrogen) atoms. The number of benzene rings is 1. The quantitative estimate of drug-likeness (QED) is 0.663. The number of carbonyl (C=O) groups is 1. The first kappa shape index (κ1) is 19.0. The Kier molecular flexibility index (Phi) is 5.39. The smallest absolute Gasteiger partial charge is 0.230 e. The molecule has 4 rings (SSSR count). The van der Waals surface area contributed by atoms with E-state index in [-0.39, 0.29) is 11.9 Å². The van der Waals surface area contributed by atoms with Gasteiger partial charge >= 0.3 is 0 Å². The number of hydrogen-bond acceptors (Lipinski definition) is 6. The van der Waals surface area contributed by atoms with E-state index in [9.17, 15) is 4.79 Å². The van der Waals surface area contributed by atoms with Gasteiger partial charge in [0.1, 0.15) is 11.3 Å². The van der Waals surface area contributed by atoms with Gasteiger partial charge in [-0.25, -0.2) is 4.98 Å². The van der Waals surface area contributed by atoms with Crippen molar-refractivity contribution in [1.29, 1.82) is 0 Å². The van der Waals surface area contributed by atoms with Gasteiger partial charge in [0, 0.05) is 18.5 Å². The molecule has 2 unspecified atom stereocenters. The van der Waals surface area contributed by atoms with E-state index in [1.165, 1.54) is 31.0 Å². The van der Waals surface area contributed by atoms with Crippen LogP contribution in [0.15, 0.2) is 23.4 Å². The number of aromatic nitrogens is 4. The molecule has 1 saturated carbocycles. The first-order chi connectivity index (χ1) is 13.6. The van der Waals surface area contributed by atoms with Gasteiger partial charge in [0.05, 0.1) is 18.4 Å². The van der Waals surface area contributed by atoms with Gasteiger partial charge in [-0.1, -0.05) is 31.5 Å². The highest BCUT2D eigenvalue weighted by Gasteiger charge is 2.23. The molecule has 2 atom stereocenters. The third-order valence-corrected chi connectivity index (χ3v) is 6.41. The summed E-state index contributed by atoms with van der Waals surface area (Å²) in [6, 6.07) is 6.14. The molecule has 148 valence electrons. The highest BCUT2D eigenvalue weighted by Crippen LogP contribution is 2.29. The van der Waals surface area contributed by atoms with E-state index in [1.54, 1.807) is 7.11 Å². The lowest BCUT2D eigenvalue weighted by Crippen LogP contribution is -2.41. The molecule has 1 aliphatic carbocycles. The topological polar surface area (TPSA) is 81.9 Å². The van der Waals surface area contributed by atoms with Crippen LogP contribution in [0.3, 0.4) is 0 Å². The van der Waals surface area contributed by atoms with Crippen molar-refractivity contribution in [3.8, 4) is 5.75 Å². The maximum Gasteiger partial charge on any atom is 0.230 e. The average Bonchev–Trinajstić information content (AvgIpc) is 2.99. The molecule has 2 aromatic heterocycles. The number of rotatable bonds is 5. The number of carbonyl (C=O) groups excluding carboxylic acids is 1. The number of nitrogens with zero attached hydrogens (tertiary/aromatic N) is 4. The highest BCUT2D eigenvalue weighted by molar-refractivity contribution is 7.99. The van der Waals surface area contributed by atoms with Gasteiger partial charge in [0.25, 0.3) is 0 Å².